The fourth-order valence-corrected chi connectivity index (χ4v) is 2.50. The summed E-state index contributed by atoms with van der Waals surface area (Å²) in [6.07, 6.45) is 0. The summed E-state index contributed by atoms with van der Waals surface area (Å²) >= 11 is 0. The van der Waals surface area contributed by atoms with Gasteiger partial charge in [0.2, 0.25) is 5.91 Å². The third-order valence-corrected chi connectivity index (χ3v) is 3.58. The van der Waals surface area contributed by atoms with Crippen molar-refractivity contribution >= 4 is 17.8 Å². The predicted octanol–water partition coefficient (Wildman–Crippen LogP) is 1.79. The van der Waals surface area contributed by atoms with Gasteiger partial charge in [-0.05, 0) is 47.1 Å². The van der Waals surface area contributed by atoms with Gasteiger partial charge in [-0.3, -0.25) is 9.59 Å². The van der Waals surface area contributed by atoms with Crippen molar-refractivity contribution in [3.05, 3.63) is 22.5 Å². The molecule has 1 aromatic rings. The Labute approximate surface area is 142 Å². The van der Waals surface area contributed by atoms with Crippen molar-refractivity contribution in [2.24, 2.45) is 0 Å². The first-order chi connectivity index (χ1) is 11.2. The van der Waals surface area contributed by atoms with Crippen LogP contribution in [0.25, 0.3) is 0 Å². The monoisotopic (exact) mass is 337 g/mol. The minimum atomic E-state index is -0.455. The second kappa shape index (κ2) is 8.52. The molecule has 0 atom stereocenters. The molecule has 2 N–H and O–H groups in total. The lowest BCUT2D eigenvalue weighted by Crippen LogP contribution is -2.42. The van der Waals surface area contributed by atoms with Crippen LogP contribution in [-0.4, -0.2) is 53.4 Å². The van der Waals surface area contributed by atoms with Crippen molar-refractivity contribution in [1.29, 1.82) is 0 Å². The lowest BCUT2D eigenvalue weighted by molar-refractivity contribution is -0.122. The van der Waals surface area contributed by atoms with Gasteiger partial charge in [0.1, 0.15) is 5.69 Å². The molecule has 7 nitrogen and oxygen atoms in total. The van der Waals surface area contributed by atoms with Gasteiger partial charge in [0.05, 0.1) is 18.7 Å². The third-order valence-electron chi connectivity index (χ3n) is 3.58. The van der Waals surface area contributed by atoms with E-state index in [4.69, 9.17) is 4.74 Å². The molecule has 2 amide bonds. The van der Waals surface area contributed by atoms with Crippen LogP contribution in [0.15, 0.2) is 0 Å². The Morgan fingerprint density at radius 1 is 1.21 bits per heavy atom. The van der Waals surface area contributed by atoms with E-state index >= 15 is 0 Å². The van der Waals surface area contributed by atoms with Crippen LogP contribution in [0.2, 0.25) is 0 Å². The molecule has 0 aromatic carbocycles. The van der Waals surface area contributed by atoms with Crippen molar-refractivity contribution in [1.82, 2.24) is 15.2 Å². The van der Waals surface area contributed by atoms with Crippen molar-refractivity contribution in [3.8, 4) is 0 Å². The number of amides is 2. The summed E-state index contributed by atoms with van der Waals surface area (Å²) in [7, 11) is 0. The Balaban J connectivity index is 3.03. The molecule has 0 fully saturated rings. The number of hydrogen-bond acceptors (Lipinski definition) is 4. The molecule has 0 bridgehead atoms. The highest BCUT2D eigenvalue weighted by Gasteiger charge is 2.26. The summed E-state index contributed by atoms with van der Waals surface area (Å²) in [4.78, 5) is 41.1. The van der Waals surface area contributed by atoms with Gasteiger partial charge in [-0.1, -0.05) is 0 Å². The minimum Gasteiger partial charge on any atom is -0.462 e. The highest BCUT2D eigenvalue weighted by atomic mass is 16.5. The lowest BCUT2D eigenvalue weighted by Gasteiger charge is -2.21. The average Bonchev–Trinajstić information content (AvgIpc) is 2.78. The smallest absolute Gasteiger partial charge is 0.340 e. The van der Waals surface area contributed by atoms with Gasteiger partial charge in [-0.15, -0.1) is 0 Å². The molecule has 0 saturated carbocycles. The molecule has 0 aliphatic heterocycles. The normalized spacial score (nSPS) is 10.6. The summed E-state index contributed by atoms with van der Waals surface area (Å²) in [5, 5.41) is 2.76. The van der Waals surface area contributed by atoms with Gasteiger partial charge in [-0.25, -0.2) is 4.79 Å². The molecule has 7 heteroatoms. The van der Waals surface area contributed by atoms with E-state index < -0.39 is 5.97 Å². The molecule has 0 aliphatic carbocycles. The van der Waals surface area contributed by atoms with Crippen LogP contribution >= 0.6 is 0 Å². The predicted molar refractivity (Wildman–Crippen MR) is 91.1 cm³/mol. The SMILES string of the molecule is CCOC(=O)c1c(C)[nH]c(C(=O)N(CC)CC(=O)NC(C)C)c1C. The van der Waals surface area contributed by atoms with Gasteiger partial charge < -0.3 is 19.9 Å². The zero-order valence-corrected chi connectivity index (χ0v) is 15.3. The molecule has 0 aliphatic rings. The van der Waals surface area contributed by atoms with E-state index in [-0.39, 0.29) is 31.0 Å². The number of aromatic amines is 1. The van der Waals surface area contributed by atoms with Crippen molar-refractivity contribution in [3.63, 3.8) is 0 Å². The maximum absolute atomic E-state index is 12.7. The number of carbonyl (C=O) groups excluding carboxylic acids is 3. The summed E-state index contributed by atoms with van der Waals surface area (Å²) in [5.74, 6) is -0.984. The summed E-state index contributed by atoms with van der Waals surface area (Å²) < 4.78 is 5.03. The number of aryl methyl sites for hydroxylation is 1. The Morgan fingerprint density at radius 2 is 1.83 bits per heavy atom. The largest absolute Gasteiger partial charge is 0.462 e. The Morgan fingerprint density at radius 3 is 2.33 bits per heavy atom. The van der Waals surface area contributed by atoms with E-state index in [2.05, 4.69) is 10.3 Å². The Kier molecular flexibility index (Phi) is 7.00. The molecule has 1 aromatic heterocycles. The molecule has 134 valence electrons. The van der Waals surface area contributed by atoms with E-state index in [0.717, 1.165) is 0 Å². The number of likely N-dealkylation sites (N-methyl/N-ethyl adjacent to an activating group) is 1. The van der Waals surface area contributed by atoms with Crippen LogP contribution < -0.4 is 5.32 Å². The second-order valence-electron chi connectivity index (χ2n) is 5.89. The van der Waals surface area contributed by atoms with Crippen LogP contribution in [0.3, 0.4) is 0 Å². The fraction of sp³-hybridized carbons (Fsp3) is 0.588. The van der Waals surface area contributed by atoms with Crippen LogP contribution in [-0.2, 0) is 9.53 Å². The zero-order valence-electron chi connectivity index (χ0n) is 15.3. The number of H-pyrrole nitrogens is 1. The second-order valence-corrected chi connectivity index (χ2v) is 5.89. The summed E-state index contributed by atoms with van der Waals surface area (Å²) in [6, 6.07) is 0.0104. The number of ether oxygens (including phenoxy) is 1. The topological polar surface area (TPSA) is 91.5 Å². The first kappa shape index (κ1) is 19.7. The molecule has 1 rings (SSSR count). The molecule has 0 saturated heterocycles. The number of nitrogens with zero attached hydrogens (tertiary/aromatic N) is 1. The van der Waals surface area contributed by atoms with Gasteiger partial charge in [-0.2, -0.15) is 0 Å². The number of aromatic nitrogens is 1. The van der Waals surface area contributed by atoms with Gasteiger partial charge in [0.25, 0.3) is 5.91 Å². The molecule has 0 radical (unpaired) electrons. The van der Waals surface area contributed by atoms with Gasteiger partial charge in [0.15, 0.2) is 0 Å². The molecule has 24 heavy (non-hydrogen) atoms. The van der Waals surface area contributed by atoms with Crippen molar-refractivity contribution in [2.75, 3.05) is 19.7 Å². The molecule has 0 spiro atoms. The van der Waals surface area contributed by atoms with Crippen LogP contribution in [0.5, 0.6) is 0 Å². The van der Waals surface area contributed by atoms with Crippen LogP contribution in [0.1, 0.15) is 59.8 Å². The molecular weight excluding hydrogens is 310 g/mol. The van der Waals surface area contributed by atoms with Crippen molar-refractivity contribution in [2.45, 2.75) is 47.6 Å². The van der Waals surface area contributed by atoms with Gasteiger partial charge >= 0.3 is 5.97 Å². The number of nitrogens with one attached hydrogen (secondary N) is 2. The maximum Gasteiger partial charge on any atom is 0.340 e. The quantitative estimate of drug-likeness (QED) is 0.742. The third kappa shape index (κ3) is 4.59. The summed E-state index contributed by atoms with van der Waals surface area (Å²) in [6.45, 7) is 11.3. The van der Waals surface area contributed by atoms with Crippen LogP contribution in [0.4, 0.5) is 0 Å². The Hall–Kier alpha value is -2.31. The highest BCUT2D eigenvalue weighted by molar-refractivity contribution is 6.01. The maximum atomic E-state index is 12.7. The fourth-order valence-electron chi connectivity index (χ4n) is 2.50. The average molecular weight is 337 g/mol. The van der Waals surface area contributed by atoms with E-state index in [9.17, 15) is 14.4 Å². The van der Waals surface area contributed by atoms with Crippen LogP contribution in [0, 0.1) is 13.8 Å². The first-order valence-electron chi connectivity index (χ1n) is 8.17. The van der Waals surface area contributed by atoms with Crippen molar-refractivity contribution < 1.29 is 19.1 Å². The molecule has 0 unspecified atom stereocenters. The van der Waals surface area contributed by atoms with E-state index in [1.807, 2.05) is 13.8 Å². The first-order valence-corrected chi connectivity index (χ1v) is 8.17. The number of rotatable bonds is 7. The number of esters is 1. The zero-order chi connectivity index (χ0) is 18.4. The van der Waals surface area contributed by atoms with E-state index in [1.165, 1.54) is 4.90 Å². The molecule has 1 heterocycles. The highest BCUT2D eigenvalue weighted by Crippen LogP contribution is 2.20. The van der Waals surface area contributed by atoms with E-state index in [0.29, 0.717) is 29.1 Å². The Bertz CT molecular complexity index is 620. The number of hydrogen-bond donors (Lipinski definition) is 2. The lowest BCUT2D eigenvalue weighted by atomic mass is 10.1. The minimum absolute atomic E-state index is 0.0104. The molecular formula is C17H27N3O4. The standard InChI is InChI=1S/C17H27N3O4/c1-7-20(9-13(21)18-10(3)4)16(22)15-11(5)14(12(6)19-15)17(23)24-8-2/h10,19H,7-9H2,1-6H3,(H,18,21). The number of carbonyl (C=O) groups is 3. The van der Waals surface area contributed by atoms with Gasteiger partial charge in [0, 0.05) is 18.3 Å². The van der Waals surface area contributed by atoms with E-state index in [1.54, 1.807) is 27.7 Å². The summed E-state index contributed by atoms with van der Waals surface area (Å²) in [5.41, 5.74) is 1.81.